The second-order valence-corrected chi connectivity index (χ2v) is 6.21. The van der Waals surface area contributed by atoms with Gasteiger partial charge in [-0.3, -0.25) is 9.69 Å². The smallest absolute Gasteiger partial charge is 0.163 e. The molecule has 1 aliphatic heterocycles. The molecule has 1 saturated heterocycles. The molecule has 21 heavy (non-hydrogen) atoms. The predicted molar refractivity (Wildman–Crippen MR) is 82.8 cm³/mol. The summed E-state index contributed by atoms with van der Waals surface area (Å²) in [6.45, 7) is 4.09. The molecular weight excluding hydrogens is 290 g/mol. The predicted octanol–water partition coefficient (Wildman–Crippen LogP) is 2.84. The average Bonchev–Trinajstić information content (AvgIpc) is 2.43. The molecule has 116 valence electrons. The van der Waals surface area contributed by atoms with Crippen molar-refractivity contribution >= 4 is 17.4 Å². The molecule has 1 heterocycles. The second kappa shape index (κ2) is 7.25. The van der Waals surface area contributed by atoms with Crippen LogP contribution in [0.3, 0.4) is 0 Å². The second-order valence-electron chi connectivity index (χ2n) is 5.77. The third-order valence-electron chi connectivity index (χ3n) is 4.07. The van der Waals surface area contributed by atoms with Crippen molar-refractivity contribution in [2.24, 2.45) is 5.92 Å². The molecule has 2 N–H and O–H groups in total. The van der Waals surface area contributed by atoms with E-state index in [1.807, 2.05) is 0 Å². The first-order valence-corrected chi connectivity index (χ1v) is 7.74. The van der Waals surface area contributed by atoms with Crippen LogP contribution >= 0.6 is 11.6 Å². The fourth-order valence-corrected chi connectivity index (χ4v) is 3.24. The number of hydrogen-bond donors (Lipinski definition) is 2. The first-order valence-electron chi connectivity index (χ1n) is 7.36. The maximum absolute atomic E-state index is 11.5. The highest BCUT2D eigenvalue weighted by Gasteiger charge is 2.21. The number of nitrogens with zero attached hydrogens (tertiary/aromatic N) is 1. The number of rotatable bonds is 5. The monoisotopic (exact) mass is 311 g/mol. The summed E-state index contributed by atoms with van der Waals surface area (Å²) in [5.41, 5.74) is 0.971. The number of phenols is 1. The highest BCUT2D eigenvalue weighted by molar-refractivity contribution is 6.31. The first-order chi connectivity index (χ1) is 10.0. The van der Waals surface area contributed by atoms with Crippen LogP contribution in [-0.4, -0.2) is 40.6 Å². The van der Waals surface area contributed by atoms with Crippen molar-refractivity contribution in [2.75, 3.05) is 19.7 Å². The van der Waals surface area contributed by atoms with E-state index in [0.29, 0.717) is 23.0 Å². The molecule has 1 unspecified atom stereocenters. The lowest BCUT2D eigenvalue weighted by molar-refractivity contribution is 0.101. The minimum atomic E-state index is -0.187. The number of benzene rings is 1. The zero-order valence-electron chi connectivity index (χ0n) is 12.3. The van der Waals surface area contributed by atoms with Crippen LogP contribution in [-0.2, 0) is 6.54 Å². The molecule has 1 aromatic carbocycles. The minimum Gasteiger partial charge on any atom is -0.507 e. The van der Waals surface area contributed by atoms with Gasteiger partial charge in [0.25, 0.3) is 0 Å². The molecule has 1 atom stereocenters. The first kappa shape index (κ1) is 16.3. The van der Waals surface area contributed by atoms with Gasteiger partial charge in [-0.1, -0.05) is 11.6 Å². The molecule has 1 aromatic rings. The summed E-state index contributed by atoms with van der Waals surface area (Å²) >= 11 is 6.05. The van der Waals surface area contributed by atoms with Crippen molar-refractivity contribution in [3.05, 3.63) is 28.3 Å². The van der Waals surface area contributed by atoms with Crippen molar-refractivity contribution in [1.29, 1.82) is 0 Å². The number of aliphatic hydroxyl groups is 1. The Labute approximate surface area is 130 Å². The van der Waals surface area contributed by atoms with Gasteiger partial charge in [0, 0.05) is 30.3 Å². The lowest BCUT2D eigenvalue weighted by Gasteiger charge is -2.32. The zero-order valence-corrected chi connectivity index (χ0v) is 13.1. The van der Waals surface area contributed by atoms with E-state index in [9.17, 15) is 9.90 Å². The van der Waals surface area contributed by atoms with E-state index in [4.69, 9.17) is 16.7 Å². The van der Waals surface area contributed by atoms with Gasteiger partial charge in [-0.05, 0) is 50.8 Å². The fourth-order valence-electron chi connectivity index (χ4n) is 3.00. The molecule has 0 saturated carbocycles. The third kappa shape index (κ3) is 4.19. The molecule has 0 amide bonds. The molecule has 1 fully saturated rings. The SMILES string of the molecule is CC(=O)c1cc(Cl)cc(CN2CCCC(CCO)C2)c1O. The molecule has 0 aromatic heterocycles. The van der Waals surface area contributed by atoms with Crippen LogP contribution < -0.4 is 0 Å². The average molecular weight is 312 g/mol. The Morgan fingerprint density at radius 1 is 1.48 bits per heavy atom. The van der Waals surface area contributed by atoms with Crippen molar-refractivity contribution in [1.82, 2.24) is 4.90 Å². The van der Waals surface area contributed by atoms with Gasteiger partial charge >= 0.3 is 0 Å². The van der Waals surface area contributed by atoms with Crippen LogP contribution in [0.4, 0.5) is 0 Å². The van der Waals surface area contributed by atoms with E-state index < -0.39 is 0 Å². The molecule has 2 rings (SSSR count). The Morgan fingerprint density at radius 3 is 2.90 bits per heavy atom. The summed E-state index contributed by atoms with van der Waals surface area (Å²) in [5, 5.41) is 19.8. The number of aliphatic hydroxyl groups excluding tert-OH is 1. The Balaban J connectivity index is 2.13. The molecule has 4 nitrogen and oxygen atoms in total. The van der Waals surface area contributed by atoms with E-state index in [-0.39, 0.29) is 23.7 Å². The number of piperidine rings is 1. The van der Waals surface area contributed by atoms with Crippen LogP contribution in [0.5, 0.6) is 5.75 Å². The van der Waals surface area contributed by atoms with Crippen LogP contribution in [0.1, 0.15) is 42.1 Å². The molecule has 0 aliphatic carbocycles. The Bertz CT molecular complexity index is 516. The summed E-state index contributed by atoms with van der Waals surface area (Å²) in [6, 6.07) is 3.23. The Hall–Kier alpha value is -1.10. The number of hydrogen-bond acceptors (Lipinski definition) is 4. The maximum Gasteiger partial charge on any atom is 0.163 e. The van der Waals surface area contributed by atoms with E-state index in [0.717, 1.165) is 32.4 Å². The standard InChI is InChI=1S/C16H22ClNO3/c1-11(20)15-8-14(17)7-13(16(15)21)10-18-5-2-3-12(9-18)4-6-19/h7-8,12,19,21H,2-6,9-10H2,1H3. The third-order valence-corrected chi connectivity index (χ3v) is 4.29. The zero-order chi connectivity index (χ0) is 15.4. The van der Waals surface area contributed by atoms with Gasteiger partial charge in [-0.15, -0.1) is 0 Å². The number of phenolic OH excluding ortho intramolecular Hbond substituents is 1. The highest BCUT2D eigenvalue weighted by atomic mass is 35.5. The summed E-state index contributed by atoms with van der Waals surface area (Å²) in [7, 11) is 0. The van der Waals surface area contributed by atoms with E-state index in [2.05, 4.69) is 4.90 Å². The van der Waals surface area contributed by atoms with Gasteiger partial charge in [-0.2, -0.15) is 0 Å². The van der Waals surface area contributed by atoms with Gasteiger partial charge in [0.1, 0.15) is 5.75 Å². The summed E-state index contributed by atoms with van der Waals surface area (Å²) in [5.74, 6) is 0.349. The van der Waals surface area contributed by atoms with Crippen LogP contribution in [0.2, 0.25) is 5.02 Å². The number of halogens is 1. The summed E-state index contributed by atoms with van der Waals surface area (Å²) in [6.07, 6.45) is 3.04. The van der Waals surface area contributed by atoms with Gasteiger partial charge in [0.05, 0.1) is 5.56 Å². The van der Waals surface area contributed by atoms with Crippen molar-refractivity contribution in [2.45, 2.75) is 32.7 Å². The van der Waals surface area contributed by atoms with E-state index in [1.54, 1.807) is 6.07 Å². The van der Waals surface area contributed by atoms with Crippen molar-refractivity contribution in [3.63, 3.8) is 0 Å². The van der Waals surface area contributed by atoms with Gasteiger partial charge in [0.15, 0.2) is 5.78 Å². The van der Waals surface area contributed by atoms with Crippen molar-refractivity contribution < 1.29 is 15.0 Å². The van der Waals surface area contributed by atoms with Gasteiger partial charge in [0.2, 0.25) is 0 Å². The quantitative estimate of drug-likeness (QED) is 0.821. The lowest BCUT2D eigenvalue weighted by atomic mass is 9.94. The number of carbonyl (C=O) groups excluding carboxylic acids is 1. The maximum atomic E-state index is 11.5. The molecule has 0 bridgehead atoms. The largest absolute Gasteiger partial charge is 0.507 e. The minimum absolute atomic E-state index is 0.0381. The molecule has 5 heteroatoms. The fraction of sp³-hybridized carbons (Fsp3) is 0.562. The normalized spacial score (nSPS) is 19.7. The Morgan fingerprint density at radius 2 is 2.24 bits per heavy atom. The van der Waals surface area contributed by atoms with Crippen LogP contribution in [0.15, 0.2) is 12.1 Å². The van der Waals surface area contributed by atoms with E-state index in [1.165, 1.54) is 13.0 Å². The number of aromatic hydroxyl groups is 1. The summed E-state index contributed by atoms with van der Waals surface area (Å²) in [4.78, 5) is 13.8. The molecule has 0 radical (unpaired) electrons. The highest BCUT2D eigenvalue weighted by Crippen LogP contribution is 2.30. The van der Waals surface area contributed by atoms with Crippen LogP contribution in [0.25, 0.3) is 0 Å². The number of ketones is 1. The van der Waals surface area contributed by atoms with Gasteiger partial charge < -0.3 is 10.2 Å². The van der Waals surface area contributed by atoms with Gasteiger partial charge in [-0.25, -0.2) is 0 Å². The van der Waals surface area contributed by atoms with Crippen LogP contribution in [0, 0.1) is 5.92 Å². The topological polar surface area (TPSA) is 60.8 Å². The van der Waals surface area contributed by atoms with E-state index >= 15 is 0 Å². The lowest BCUT2D eigenvalue weighted by Crippen LogP contribution is -2.35. The molecular formula is C16H22ClNO3. The number of Topliss-reactive ketones (excluding diaryl/α,β-unsaturated/α-hetero) is 1. The molecule has 0 spiro atoms. The Kier molecular flexibility index (Phi) is 5.62. The molecule has 1 aliphatic rings. The van der Waals surface area contributed by atoms with Crippen molar-refractivity contribution in [3.8, 4) is 5.75 Å². The number of carbonyl (C=O) groups is 1. The number of likely N-dealkylation sites (tertiary alicyclic amines) is 1. The summed E-state index contributed by atoms with van der Waals surface area (Å²) < 4.78 is 0.